The smallest absolute Gasteiger partial charge is 0.307 e. The lowest BCUT2D eigenvalue weighted by Crippen LogP contribution is -2.22. The number of rotatable bonds is 7. The van der Waals surface area contributed by atoms with Crippen molar-refractivity contribution in [1.29, 1.82) is 0 Å². The van der Waals surface area contributed by atoms with E-state index in [2.05, 4.69) is 11.1 Å². The van der Waals surface area contributed by atoms with E-state index in [1.165, 1.54) is 6.07 Å². The second kappa shape index (κ2) is 10.4. The molecule has 4 nitrogen and oxygen atoms in total. The van der Waals surface area contributed by atoms with Crippen molar-refractivity contribution in [1.82, 2.24) is 4.98 Å². The molecule has 1 aliphatic heterocycles. The van der Waals surface area contributed by atoms with Gasteiger partial charge in [0.15, 0.2) is 0 Å². The minimum Gasteiger partial charge on any atom is -0.481 e. The molecule has 2 aliphatic rings. The molecule has 1 aliphatic carbocycles. The standard InChI is InChI=1S/C29H30FNO3S/c1-18-26(7-9-28(31-18)34-25-10-12-35-13-11-25)21-6-8-27(30)22(16-21)5-3-19-2-4-20-15-24(29(32)33)17-23(20)14-19/h2,4,6-9,14,16,24-25H,3,5,10-13,15,17H2,1H3,(H,32,33). The van der Waals surface area contributed by atoms with Crippen LogP contribution in [-0.2, 0) is 30.5 Å². The summed E-state index contributed by atoms with van der Waals surface area (Å²) in [6, 6.07) is 15.4. The van der Waals surface area contributed by atoms with Crippen LogP contribution in [0.1, 0.15) is 40.8 Å². The molecule has 1 saturated heterocycles. The number of carboxylic acids is 1. The lowest BCUT2D eigenvalue weighted by Gasteiger charge is -2.22. The Hall–Kier alpha value is -2.86. The molecule has 2 heterocycles. The molecule has 35 heavy (non-hydrogen) atoms. The molecule has 0 bridgehead atoms. The van der Waals surface area contributed by atoms with Gasteiger partial charge in [-0.05, 0) is 103 Å². The van der Waals surface area contributed by atoms with E-state index in [-0.39, 0.29) is 17.8 Å². The molecular formula is C29H30FNO3S. The molecule has 1 unspecified atom stereocenters. The Morgan fingerprint density at radius 2 is 1.86 bits per heavy atom. The summed E-state index contributed by atoms with van der Waals surface area (Å²) in [5.41, 5.74) is 6.82. The van der Waals surface area contributed by atoms with E-state index in [4.69, 9.17) is 4.74 Å². The number of pyridine rings is 1. The van der Waals surface area contributed by atoms with Gasteiger partial charge in [0.1, 0.15) is 11.9 Å². The van der Waals surface area contributed by atoms with Crippen LogP contribution < -0.4 is 4.74 Å². The van der Waals surface area contributed by atoms with E-state index in [9.17, 15) is 14.3 Å². The van der Waals surface area contributed by atoms with Crippen LogP contribution in [0, 0.1) is 18.7 Å². The first kappa shape index (κ1) is 23.9. The highest BCUT2D eigenvalue weighted by Gasteiger charge is 2.27. The number of hydrogen-bond donors (Lipinski definition) is 1. The van der Waals surface area contributed by atoms with Crippen LogP contribution >= 0.6 is 11.8 Å². The molecule has 6 heteroatoms. The number of hydrogen-bond acceptors (Lipinski definition) is 4. The van der Waals surface area contributed by atoms with Gasteiger partial charge in [-0.25, -0.2) is 9.37 Å². The van der Waals surface area contributed by atoms with Crippen molar-refractivity contribution >= 4 is 17.7 Å². The zero-order valence-electron chi connectivity index (χ0n) is 19.9. The molecular weight excluding hydrogens is 461 g/mol. The third-order valence-corrected chi connectivity index (χ3v) is 8.16. The van der Waals surface area contributed by atoms with Crippen LogP contribution in [0.3, 0.4) is 0 Å². The van der Waals surface area contributed by atoms with Crippen LogP contribution in [0.15, 0.2) is 48.5 Å². The molecule has 0 amide bonds. The molecule has 182 valence electrons. The Kier molecular flexibility index (Phi) is 7.09. The van der Waals surface area contributed by atoms with Gasteiger partial charge in [0.05, 0.1) is 5.92 Å². The Morgan fingerprint density at radius 3 is 2.63 bits per heavy atom. The Bertz CT molecular complexity index is 1240. The molecule has 3 aromatic rings. The number of thioether (sulfide) groups is 1. The molecule has 1 fully saturated rings. The number of aromatic nitrogens is 1. The average molecular weight is 492 g/mol. The molecule has 1 aromatic heterocycles. The van der Waals surface area contributed by atoms with Crippen LogP contribution in [0.2, 0.25) is 0 Å². The van der Waals surface area contributed by atoms with Gasteiger partial charge in [-0.3, -0.25) is 4.79 Å². The second-order valence-corrected chi connectivity index (χ2v) is 10.8. The van der Waals surface area contributed by atoms with Crippen molar-refractivity contribution in [3.8, 4) is 17.0 Å². The fourth-order valence-corrected chi connectivity index (χ4v) is 6.15. The number of nitrogens with zero attached hydrogens (tertiary/aromatic N) is 1. The van der Waals surface area contributed by atoms with Crippen molar-refractivity contribution < 1.29 is 19.0 Å². The van der Waals surface area contributed by atoms with Gasteiger partial charge in [0.2, 0.25) is 5.88 Å². The van der Waals surface area contributed by atoms with Crippen LogP contribution in [0.4, 0.5) is 4.39 Å². The third kappa shape index (κ3) is 5.53. The monoisotopic (exact) mass is 491 g/mol. The van der Waals surface area contributed by atoms with Gasteiger partial charge in [-0.15, -0.1) is 0 Å². The molecule has 0 saturated carbocycles. The number of benzene rings is 2. The maximum atomic E-state index is 14.7. The van der Waals surface area contributed by atoms with Gasteiger partial charge in [-0.1, -0.05) is 24.3 Å². The summed E-state index contributed by atoms with van der Waals surface area (Å²) in [4.78, 5) is 16.0. The predicted octanol–water partition coefficient (Wildman–Crippen LogP) is 6.06. The quantitative estimate of drug-likeness (QED) is 0.436. The number of aryl methyl sites for hydroxylation is 3. The highest BCUT2D eigenvalue weighted by atomic mass is 32.2. The largest absolute Gasteiger partial charge is 0.481 e. The molecule has 5 rings (SSSR count). The summed E-state index contributed by atoms with van der Waals surface area (Å²) >= 11 is 1.97. The van der Waals surface area contributed by atoms with Gasteiger partial charge in [-0.2, -0.15) is 11.8 Å². The zero-order chi connectivity index (χ0) is 24.4. The van der Waals surface area contributed by atoms with Gasteiger partial charge < -0.3 is 9.84 Å². The minimum atomic E-state index is -0.737. The fraction of sp³-hybridized carbons (Fsp3) is 0.379. The normalized spacial score (nSPS) is 17.8. The molecule has 0 spiro atoms. The molecule has 1 N–H and O–H groups in total. The summed E-state index contributed by atoms with van der Waals surface area (Å²) in [6.07, 6.45) is 4.80. The van der Waals surface area contributed by atoms with Gasteiger partial charge in [0, 0.05) is 17.3 Å². The lowest BCUT2D eigenvalue weighted by molar-refractivity contribution is -0.141. The summed E-state index contributed by atoms with van der Waals surface area (Å²) in [7, 11) is 0. The first-order valence-electron chi connectivity index (χ1n) is 12.3. The van der Waals surface area contributed by atoms with E-state index in [1.807, 2.05) is 55.1 Å². The van der Waals surface area contributed by atoms with Crippen LogP contribution in [0.25, 0.3) is 11.1 Å². The Labute approximate surface area is 209 Å². The van der Waals surface area contributed by atoms with E-state index in [0.29, 0.717) is 37.1 Å². The number of aliphatic carboxylic acids is 1. The second-order valence-electron chi connectivity index (χ2n) is 9.56. The van der Waals surface area contributed by atoms with Crippen molar-refractivity contribution in [3.63, 3.8) is 0 Å². The average Bonchev–Trinajstić information content (AvgIpc) is 3.29. The third-order valence-electron chi connectivity index (χ3n) is 7.11. The highest BCUT2D eigenvalue weighted by Crippen LogP contribution is 2.30. The summed E-state index contributed by atoms with van der Waals surface area (Å²) in [5.74, 6) is 1.65. The molecule has 1 atom stereocenters. The van der Waals surface area contributed by atoms with E-state index in [1.54, 1.807) is 0 Å². The lowest BCUT2D eigenvalue weighted by atomic mass is 9.97. The number of ether oxygens (including phenoxy) is 1. The molecule has 0 radical (unpaired) electrons. The maximum Gasteiger partial charge on any atom is 0.307 e. The number of carboxylic acid groups (broad SMARTS) is 1. The topological polar surface area (TPSA) is 59.4 Å². The zero-order valence-corrected chi connectivity index (χ0v) is 20.7. The Balaban J connectivity index is 1.28. The van der Waals surface area contributed by atoms with Crippen molar-refractivity contribution in [2.45, 2.75) is 51.6 Å². The number of fused-ring (bicyclic) bond motifs is 1. The van der Waals surface area contributed by atoms with E-state index < -0.39 is 5.97 Å². The fourth-order valence-electron chi connectivity index (χ4n) is 5.09. The predicted molar refractivity (Wildman–Crippen MR) is 138 cm³/mol. The number of carbonyl (C=O) groups is 1. The van der Waals surface area contributed by atoms with Crippen LogP contribution in [-0.4, -0.2) is 33.7 Å². The first-order valence-corrected chi connectivity index (χ1v) is 13.5. The molecule has 2 aromatic carbocycles. The summed E-state index contributed by atoms with van der Waals surface area (Å²) in [5, 5.41) is 9.31. The van der Waals surface area contributed by atoms with Crippen LogP contribution in [0.5, 0.6) is 5.88 Å². The number of halogens is 1. The minimum absolute atomic E-state index is 0.207. The highest BCUT2D eigenvalue weighted by molar-refractivity contribution is 7.99. The van der Waals surface area contributed by atoms with Gasteiger partial charge in [0.25, 0.3) is 0 Å². The summed E-state index contributed by atoms with van der Waals surface area (Å²) in [6.45, 7) is 1.97. The van der Waals surface area contributed by atoms with Crippen molar-refractivity contribution in [3.05, 3.63) is 82.3 Å². The van der Waals surface area contributed by atoms with Crippen molar-refractivity contribution in [2.24, 2.45) is 5.92 Å². The Morgan fingerprint density at radius 1 is 1.06 bits per heavy atom. The summed E-state index contributed by atoms with van der Waals surface area (Å²) < 4.78 is 20.8. The van der Waals surface area contributed by atoms with Crippen molar-refractivity contribution in [2.75, 3.05) is 11.5 Å². The maximum absolute atomic E-state index is 14.7. The SMILES string of the molecule is Cc1nc(OC2CCSCC2)ccc1-c1ccc(F)c(CCc2ccc3c(c2)CC(C(=O)O)C3)c1. The first-order chi connectivity index (χ1) is 17.0. The van der Waals surface area contributed by atoms with Gasteiger partial charge >= 0.3 is 5.97 Å². The van der Waals surface area contributed by atoms with E-state index >= 15 is 0 Å². The van der Waals surface area contributed by atoms with E-state index in [0.717, 1.165) is 57.9 Å².